The Bertz CT molecular complexity index is 559. The molecule has 3 aliphatic heterocycles. The molecule has 132 valence electrons. The summed E-state index contributed by atoms with van der Waals surface area (Å²) in [6, 6.07) is 2.72. The lowest BCUT2D eigenvalue weighted by molar-refractivity contribution is -0.0389. The van der Waals surface area contributed by atoms with Crippen molar-refractivity contribution < 1.29 is 9.47 Å². The number of hydrogen-bond acceptors (Lipinski definition) is 5. The molecule has 0 unspecified atom stereocenters. The molecular formula is C19H29N3O2. The summed E-state index contributed by atoms with van der Waals surface area (Å²) in [5.74, 6) is 1.97. The summed E-state index contributed by atoms with van der Waals surface area (Å²) in [5, 5.41) is 0. The highest BCUT2D eigenvalue weighted by Gasteiger charge is 2.41. The lowest BCUT2D eigenvalue weighted by atomic mass is 9.89. The van der Waals surface area contributed by atoms with Crippen LogP contribution in [-0.2, 0) is 9.47 Å². The van der Waals surface area contributed by atoms with Gasteiger partial charge in [0.1, 0.15) is 11.9 Å². The minimum Gasteiger partial charge on any atom is -0.381 e. The van der Waals surface area contributed by atoms with Gasteiger partial charge >= 0.3 is 0 Å². The summed E-state index contributed by atoms with van der Waals surface area (Å²) in [6.45, 7) is 8.40. The average Bonchev–Trinajstić information content (AvgIpc) is 3.06. The van der Waals surface area contributed by atoms with E-state index in [1.807, 2.05) is 12.3 Å². The van der Waals surface area contributed by atoms with E-state index >= 15 is 0 Å². The van der Waals surface area contributed by atoms with Crippen molar-refractivity contribution in [2.75, 3.05) is 26.3 Å². The monoisotopic (exact) mass is 331 g/mol. The first-order chi connectivity index (χ1) is 11.7. The van der Waals surface area contributed by atoms with Crippen LogP contribution in [0.25, 0.3) is 0 Å². The largest absolute Gasteiger partial charge is 0.381 e. The SMILES string of the molecule is CC(C)c1nccc([C@@H]2C[C@@H]3CCN(C4CCOCC4)C[C@H]3O2)n1. The Morgan fingerprint density at radius 3 is 2.83 bits per heavy atom. The molecule has 0 aromatic carbocycles. The molecule has 5 heteroatoms. The number of likely N-dealkylation sites (tertiary alicyclic amines) is 1. The van der Waals surface area contributed by atoms with Crippen LogP contribution in [0.1, 0.15) is 63.1 Å². The zero-order chi connectivity index (χ0) is 16.5. The first-order valence-corrected chi connectivity index (χ1v) is 9.51. The summed E-state index contributed by atoms with van der Waals surface area (Å²) in [6.07, 6.45) is 7.10. The lowest BCUT2D eigenvalue weighted by Gasteiger charge is -2.40. The molecule has 4 heterocycles. The average molecular weight is 331 g/mol. The summed E-state index contributed by atoms with van der Waals surface area (Å²) in [7, 11) is 0. The Morgan fingerprint density at radius 2 is 2.04 bits per heavy atom. The minimum atomic E-state index is 0.148. The van der Waals surface area contributed by atoms with Crippen LogP contribution in [0.2, 0.25) is 0 Å². The predicted octanol–water partition coefficient (Wildman–Crippen LogP) is 2.93. The molecule has 0 saturated carbocycles. The fourth-order valence-corrected chi connectivity index (χ4v) is 4.37. The van der Waals surface area contributed by atoms with Gasteiger partial charge in [0.05, 0.1) is 11.8 Å². The molecule has 5 nitrogen and oxygen atoms in total. The van der Waals surface area contributed by atoms with E-state index in [1.165, 1.54) is 25.8 Å². The van der Waals surface area contributed by atoms with Gasteiger partial charge in [-0.05, 0) is 44.2 Å². The summed E-state index contributed by atoms with van der Waals surface area (Å²) < 4.78 is 12.0. The van der Waals surface area contributed by atoms with Gasteiger partial charge in [0, 0.05) is 37.9 Å². The van der Waals surface area contributed by atoms with Gasteiger partial charge in [0.15, 0.2) is 0 Å². The quantitative estimate of drug-likeness (QED) is 0.852. The van der Waals surface area contributed by atoms with E-state index in [1.54, 1.807) is 0 Å². The molecule has 3 fully saturated rings. The molecule has 1 aromatic rings. The van der Waals surface area contributed by atoms with E-state index in [2.05, 4.69) is 23.7 Å². The second-order valence-corrected chi connectivity index (χ2v) is 7.78. The second-order valence-electron chi connectivity index (χ2n) is 7.78. The van der Waals surface area contributed by atoms with Crippen LogP contribution < -0.4 is 0 Å². The fraction of sp³-hybridized carbons (Fsp3) is 0.789. The van der Waals surface area contributed by atoms with E-state index in [4.69, 9.17) is 14.5 Å². The smallest absolute Gasteiger partial charge is 0.131 e. The van der Waals surface area contributed by atoms with E-state index in [9.17, 15) is 0 Å². The molecular weight excluding hydrogens is 302 g/mol. The maximum atomic E-state index is 6.44. The predicted molar refractivity (Wildman–Crippen MR) is 91.9 cm³/mol. The standard InChI is InChI=1S/C19H29N3O2/c1-13(2)19-20-7-3-16(21-19)17-11-14-4-8-22(12-18(14)24-17)15-5-9-23-10-6-15/h3,7,13-15,17-18H,4-6,8-12H2,1-2H3/t14-,17-,18+/m0/s1. The molecule has 4 rings (SSSR count). The normalized spacial score (nSPS) is 32.2. The van der Waals surface area contributed by atoms with Gasteiger partial charge in [0.2, 0.25) is 0 Å². The molecule has 3 aliphatic rings. The number of fused-ring (bicyclic) bond motifs is 1. The first-order valence-electron chi connectivity index (χ1n) is 9.51. The Kier molecular flexibility index (Phi) is 4.83. The van der Waals surface area contributed by atoms with Gasteiger partial charge in [-0.1, -0.05) is 13.8 Å². The van der Waals surface area contributed by atoms with Gasteiger partial charge in [0.25, 0.3) is 0 Å². The van der Waals surface area contributed by atoms with E-state index in [-0.39, 0.29) is 6.10 Å². The van der Waals surface area contributed by atoms with Gasteiger partial charge in [-0.25, -0.2) is 9.97 Å². The third kappa shape index (κ3) is 3.35. The maximum absolute atomic E-state index is 6.44. The molecule has 0 N–H and O–H groups in total. The summed E-state index contributed by atoms with van der Waals surface area (Å²) in [4.78, 5) is 11.8. The first kappa shape index (κ1) is 16.4. The van der Waals surface area contributed by atoms with Gasteiger partial charge in [-0.15, -0.1) is 0 Å². The van der Waals surface area contributed by atoms with Crippen LogP contribution in [0.3, 0.4) is 0 Å². The molecule has 3 atom stereocenters. The Balaban J connectivity index is 1.41. The molecule has 3 saturated heterocycles. The highest BCUT2D eigenvalue weighted by molar-refractivity contribution is 5.10. The van der Waals surface area contributed by atoms with Crippen molar-refractivity contribution in [3.05, 3.63) is 23.8 Å². The van der Waals surface area contributed by atoms with Crippen LogP contribution in [0.4, 0.5) is 0 Å². The molecule has 0 aliphatic carbocycles. The molecule has 24 heavy (non-hydrogen) atoms. The number of rotatable bonds is 3. The van der Waals surface area contributed by atoms with Crippen molar-refractivity contribution in [2.24, 2.45) is 5.92 Å². The van der Waals surface area contributed by atoms with E-state index in [0.717, 1.165) is 37.7 Å². The number of nitrogens with zero attached hydrogens (tertiary/aromatic N) is 3. The zero-order valence-corrected chi connectivity index (χ0v) is 14.9. The number of piperidine rings is 1. The van der Waals surface area contributed by atoms with Crippen LogP contribution in [-0.4, -0.2) is 53.3 Å². The maximum Gasteiger partial charge on any atom is 0.131 e. The van der Waals surface area contributed by atoms with Gasteiger partial charge < -0.3 is 9.47 Å². The van der Waals surface area contributed by atoms with E-state index < -0.39 is 0 Å². The number of hydrogen-bond donors (Lipinski definition) is 0. The Hall–Kier alpha value is -1.04. The summed E-state index contributed by atoms with van der Waals surface area (Å²) in [5.41, 5.74) is 1.07. The van der Waals surface area contributed by atoms with Crippen molar-refractivity contribution in [3.8, 4) is 0 Å². The van der Waals surface area contributed by atoms with E-state index in [0.29, 0.717) is 24.0 Å². The third-order valence-electron chi connectivity index (χ3n) is 5.83. The summed E-state index contributed by atoms with van der Waals surface area (Å²) >= 11 is 0. The van der Waals surface area contributed by atoms with Crippen molar-refractivity contribution >= 4 is 0 Å². The van der Waals surface area contributed by atoms with Crippen LogP contribution in [0.5, 0.6) is 0 Å². The van der Waals surface area contributed by atoms with Gasteiger partial charge in [-0.3, -0.25) is 4.90 Å². The number of aromatic nitrogens is 2. The van der Waals surface area contributed by atoms with Gasteiger partial charge in [-0.2, -0.15) is 0 Å². The third-order valence-corrected chi connectivity index (χ3v) is 5.83. The zero-order valence-electron chi connectivity index (χ0n) is 14.9. The second kappa shape index (κ2) is 7.06. The topological polar surface area (TPSA) is 47.5 Å². The van der Waals surface area contributed by atoms with Crippen LogP contribution >= 0.6 is 0 Å². The Labute approximate surface area is 144 Å². The molecule has 0 amide bonds. The highest BCUT2D eigenvalue weighted by Crippen LogP contribution is 2.41. The van der Waals surface area contributed by atoms with Crippen LogP contribution in [0.15, 0.2) is 12.3 Å². The minimum absolute atomic E-state index is 0.148. The van der Waals surface area contributed by atoms with Crippen LogP contribution in [0, 0.1) is 5.92 Å². The van der Waals surface area contributed by atoms with Crippen molar-refractivity contribution in [1.82, 2.24) is 14.9 Å². The molecule has 1 aromatic heterocycles. The number of ether oxygens (including phenoxy) is 2. The van der Waals surface area contributed by atoms with Crippen molar-refractivity contribution in [3.63, 3.8) is 0 Å². The Morgan fingerprint density at radius 1 is 1.21 bits per heavy atom. The molecule has 0 radical (unpaired) electrons. The highest BCUT2D eigenvalue weighted by atomic mass is 16.5. The molecule has 0 bridgehead atoms. The molecule has 0 spiro atoms. The van der Waals surface area contributed by atoms with Crippen molar-refractivity contribution in [2.45, 2.75) is 63.7 Å². The lowest BCUT2D eigenvalue weighted by Crippen LogP contribution is -2.49. The van der Waals surface area contributed by atoms with Crippen molar-refractivity contribution in [1.29, 1.82) is 0 Å². The fourth-order valence-electron chi connectivity index (χ4n) is 4.37.